The fraction of sp³-hybridized carbons (Fsp3) is 0.105. The number of aryl methyl sites for hydroxylation is 1. The van der Waals surface area contributed by atoms with Crippen molar-refractivity contribution >= 4 is 23.1 Å². The van der Waals surface area contributed by atoms with Gasteiger partial charge in [0.1, 0.15) is 28.9 Å². The van der Waals surface area contributed by atoms with E-state index in [1.807, 2.05) is 24.3 Å². The molecule has 0 aliphatic rings. The molecule has 1 amide bonds. The van der Waals surface area contributed by atoms with Crippen LogP contribution >= 0.6 is 0 Å². The van der Waals surface area contributed by atoms with E-state index >= 15 is 0 Å². The number of carbonyl (C=O) groups is 1. The zero-order chi connectivity index (χ0) is 18.5. The van der Waals surface area contributed by atoms with Crippen LogP contribution in [-0.4, -0.2) is 23.0 Å². The summed E-state index contributed by atoms with van der Waals surface area (Å²) in [5, 5.41) is 5.62. The maximum Gasteiger partial charge on any atom is 0.274 e. The van der Waals surface area contributed by atoms with Crippen LogP contribution in [0.1, 0.15) is 16.3 Å². The van der Waals surface area contributed by atoms with Crippen LogP contribution in [0.15, 0.2) is 54.6 Å². The summed E-state index contributed by atoms with van der Waals surface area (Å²) in [6, 6.07) is 14.8. The van der Waals surface area contributed by atoms with Gasteiger partial charge in [0.2, 0.25) is 0 Å². The predicted molar refractivity (Wildman–Crippen MR) is 97.4 cm³/mol. The van der Waals surface area contributed by atoms with Crippen LogP contribution in [0.5, 0.6) is 5.75 Å². The Balaban J connectivity index is 1.85. The molecule has 2 aromatic carbocycles. The highest BCUT2D eigenvalue weighted by Gasteiger charge is 2.13. The van der Waals surface area contributed by atoms with Crippen molar-refractivity contribution in [2.75, 3.05) is 17.7 Å². The molecule has 1 aromatic heterocycles. The third-order valence-electron chi connectivity index (χ3n) is 3.56. The molecule has 26 heavy (non-hydrogen) atoms. The second kappa shape index (κ2) is 7.60. The SMILES string of the molecule is COc1ccccc1Nc1cc(C(=O)Nc2ccccc2F)nc(C)n1. The second-order valence-electron chi connectivity index (χ2n) is 5.44. The van der Waals surface area contributed by atoms with Gasteiger partial charge in [-0.15, -0.1) is 0 Å². The normalized spacial score (nSPS) is 10.3. The van der Waals surface area contributed by atoms with Gasteiger partial charge in [-0.3, -0.25) is 4.79 Å². The third-order valence-corrected chi connectivity index (χ3v) is 3.56. The van der Waals surface area contributed by atoms with Gasteiger partial charge in [0.25, 0.3) is 5.91 Å². The largest absolute Gasteiger partial charge is 0.495 e. The average molecular weight is 352 g/mol. The quantitative estimate of drug-likeness (QED) is 0.728. The predicted octanol–water partition coefficient (Wildman–Crippen LogP) is 3.93. The number of hydrogen-bond acceptors (Lipinski definition) is 5. The van der Waals surface area contributed by atoms with Crippen LogP contribution in [0.3, 0.4) is 0 Å². The molecule has 0 aliphatic carbocycles. The van der Waals surface area contributed by atoms with Crippen molar-refractivity contribution in [2.45, 2.75) is 6.92 Å². The van der Waals surface area contributed by atoms with Crippen LogP contribution < -0.4 is 15.4 Å². The highest BCUT2D eigenvalue weighted by Crippen LogP contribution is 2.26. The molecule has 0 aliphatic heterocycles. The molecule has 0 radical (unpaired) electrons. The van der Waals surface area contributed by atoms with E-state index in [4.69, 9.17) is 4.74 Å². The van der Waals surface area contributed by atoms with Crippen LogP contribution in [0.25, 0.3) is 0 Å². The Bertz CT molecular complexity index is 946. The Labute approximate surface area is 150 Å². The summed E-state index contributed by atoms with van der Waals surface area (Å²) in [7, 11) is 1.57. The van der Waals surface area contributed by atoms with E-state index in [1.54, 1.807) is 26.2 Å². The molecule has 2 N–H and O–H groups in total. The lowest BCUT2D eigenvalue weighted by Crippen LogP contribution is -2.16. The topological polar surface area (TPSA) is 76.1 Å². The Morgan fingerprint density at radius 2 is 1.73 bits per heavy atom. The zero-order valence-corrected chi connectivity index (χ0v) is 14.3. The number of aromatic nitrogens is 2. The lowest BCUT2D eigenvalue weighted by Gasteiger charge is -2.12. The highest BCUT2D eigenvalue weighted by molar-refractivity contribution is 6.03. The molecule has 6 nitrogen and oxygen atoms in total. The number of anilines is 3. The highest BCUT2D eigenvalue weighted by atomic mass is 19.1. The Hall–Kier alpha value is -3.48. The number of rotatable bonds is 5. The summed E-state index contributed by atoms with van der Waals surface area (Å²) in [4.78, 5) is 20.8. The van der Waals surface area contributed by atoms with Crippen LogP contribution in [0.2, 0.25) is 0 Å². The molecular weight excluding hydrogens is 335 g/mol. The van der Waals surface area contributed by atoms with E-state index < -0.39 is 11.7 Å². The third kappa shape index (κ3) is 3.94. The first-order valence-corrected chi connectivity index (χ1v) is 7.88. The van der Waals surface area contributed by atoms with E-state index in [9.17, 15) is 9.18 Å². The van der Waals surface area contributed by atoms with E-state index in [2.05, 4.69) is 20.6 Å². The van der Waals surface area contributed by atoms with Crippen molar-refractivity contribution in [1.29, 1.82) is 0 Å². The summed E-state index contributed by atoms with van der Waals surface area (Å²) in [6.45, 7) is 1.67. The summed E-state index contributed by atoms with van der Waals surface area (Å²) in [5.74, 6) is 0.438. The first kappa shape index (κ1) is 17.3. The van der Waals surface area contributed by atoms with Gasteiger partial charge in [0, 0.05) is 6.07 Å². The van der Waals surface area contributed by atoms with Crippen molar-refractivity contribution in [3.05, 3.63) is 71.9 Å². The van der Waals surface area contributed by atoms with Gasteiger partial charge in [-0.05, 0) is 31.2 Å². The number of nitrogens with zero attached hydrogens (tertiary/aromatic N) is 2. The minimum atomic E-state index is -0.524. The van der Waals surface area contributed by atoms with Gasteiger partial charge in [-0.1, -0.05) is 24.3 Å². The van der Waals surface area contributed by atoms with Crippen molar-refractivity contribution in [3.8, 4) is 5.75 Å². The molecule has 0 atom stereocenters. The lowest BCUT2D eigenvalue weighted by atomic mass is 10.2. The number of ether oxygens (including phenoxy) is 1. The van der Waals surface area contributed by atoms with Gasteiger partial charge < -0.3 is 15.4 Å². The molecule has 0 fully saturated rings. The van der Waals surface area contributed by atoms with Crippen LogP contribution in [0.4, 0.5) is 21.6 Å². The van der Waals surface area contributed by atoms with Crippen molar-refractivity contribution in [1.82, 2.24) is 9.97 Å². The van der Waals surface area contributed by atoms with Crippen LogP contribution in [-0.2, 0) is 0 Å². The van der Waals surface area contributed by atoms with Crippen molar-refractivity contribution in [3.63, 3.8) is 0 Å². The van der Waals surface area contributed by atoms with E-state index in [-0.39, 0.29) is 11.4 Å². The number of methoxy groups -OCH3 is 1. The summed E-state index contributed by atoms with van der Waals surface area (Å²) in [6.07, 6.45) is 0. The molecule has 1 heterocycles. The Kier molecular flexibility index (Phi) is 5.07. The van der Waals surface area contributed by atoms with Gasteiger partial charge in [-0.25, -0.2) is 14.4 Å². The zero-order valence-electron chi connectivity index (χ0n) is 14.3. The standard InChI is InChI=1S/C19H17FN4O2/c1-12-21-16(19(25)24-14-8-4-3-7-13(14)20)11-18(22-12)23-15-9-5-6-10-17(15)26-2/h3-11H,1-2H3,(H,24,25)(H,21,22,23). The fourth-order valence-electron chi connectivity index (χ4n) is 2.38. The molecular formula is C19H17FN4O2. The summed E-state index contributed by atoms with van der Waals surface area (Å²) in [5.41, 5.74) is 0.916. The van der Waals surface area contributed by atoms with Gasteiger partial charge >= 0.3 is 0 Å². The Morgan fingerprint density at radius 1 is 1.04 bits per heavy atom. The molecule has 132 valence electrons. The van der Waals surface area contributed by atoms with Crippen molar-refractivity contribution < 1.29 is 13.9 Å². The number of nitrogens with one attached hydrogen (secondary N) is 2. The number of benzene rings is 2. The first-order chi connectivity index (χ1) is 12.6. The smallest absolute Gasteiger partial charge is 0.274 e. The number of carbonyl (C=O) groups excluding carboxylic acids is 1. The van der Waals surface area contributed by atoms with E-state index in [0.717, 1.165) is 0 Å². The number of amides is 1. The first-order valence-electron chi connectivity index (χ1n) is 7.88. The summed E-state index contributed by atoms with van der Waals surface area (Å²) >= 11 is 0. The minimum Gasteiger partial charge on any atom is -0.495 e. The van der Waals surface area contributed by atoms with E-state index in [1.165, 1.54) is 18.2 Å². The maximum absolute atomic E-state index is 13.7. The maximum atomic E-state index is 13.7. The molecule has 7 heteroatoms. The number of para-hydroxylation sites is 3. The fourth-order valence-corrected chi connectivity index (χ4v) is 2.38. The molecule has 0 unspecified atom stereocenters. The summed E-state index contributed by atoms with van der Waals surface area (Å²) < 4.78 is 19.0. The second-order valence-corrected chi connectivity index (χ2v) is 5.44. The van der Waals surface area contributed by atoms with Gasteiger partial charge in [-0.2, -0.15) is 0 Å². The van der Waals surface area contributed by atoms with Crippen LogP contribution in [0, 0.1) is 12.7 Å². The molecule has 3 rings (SSSR count). The molecule has 0 saturated heterocycles. The molecule has 0 saturated carbocycles. The molecule has 0 spiro atoms. The molecule has 0 bridgehead atoms. The number of hydrogen-bond donors (Lipinski definition) is 2. The average Bonchev–Trinajstić information content (AvgIpc) is 2.63. The van der Waals surface area contributed by atoms with E-state index in [0.29, 0.717) is 23.1 Å². The van der Waals surface area contributed by atoms with Gasteiger partial charge in [0.05, 0.1) is 18.5 Å². The Morgan fingerprint density at radius 3 is 2.46 bits per heavy atom. The van der Waals surface area contributed by atoms with Crippen molar-refractivity contribution in [2.24, 2.45) is 0 Å². The number of halogens is 1. The monoisotopic (exact) mass is 352 g/mol. The minimum absolute atomic E-state index is 0.0907. The molecule has 3 aromatic rings. The van der Waals surface area contributed by atoms with Gasteiger partial charge in [0.15, 0.2) is 0 Å². The lowest BCUT2D eigenvalue weighted by molar-refractivity contribution is 0.102.